The lowest BCUT2D eigenvalue weighted by molar-refractivity contribution is -0.116. The highest BCUT2D eigenvalue weighted by molar-refractivity contribution is 9.10. The third-order valence-electron chi connectivity index (χ3n) is 2.41. The number of rotatable bonds is 3. The lowest BCUT2D eigenvalue weighted by atomic mass is 10.1. The molecule has 0 aliphatic carbocycles. The molecule has 0 radical (unpaired) electrons. The quantitative estimate of drug-likeness (QED) is 0.851. The minimum absolute atomic E-state index is 0.108. The molecule has 0 fully saturated rings. The average molecular weight is 293 g/mol. The van der Waals surface area contributed by atoms with Crippen molar-refractivity contribution < 1.29 is 9.21 Å². The predicted octanol–water partition coefficient (Wildman–Crippen LogP) is 4.15. The first kappa shape index (κ1) is 12.1. The average Bonchev–Trinajstić information content (AvgIpc) is 2.63. The second kappa shape index (κ2) is 4.88. The summed E-state index contributed by atoms with van der Waals surface area (Å²) in [4.78, 5) is 11.0. The van der Waals surface area contributed by atoms with E-state index in [0.29, 0.717) is 12.2 Å². The Morgan fingerprint density at radius 3 is 2.71 bits per heavy atom. The van der Waals surface area contributed by atoms with Crippen LogP contribution in [0.2, 0.25) is 0 Å². The number of Topliss-reactive ketones (excluding diaryl/α,β-unsaturated/α-hetero) is 1. The summed E-state index contributed by atoms with van der Waals surface area (Å²) in [6.45, 7) is 3.60. The molecular formula is C14H13BrO2. The van der Waals surface area contributed by atoms with Gasteiger partial charge in [-0.2, -0.15) is 0 Å². The maximum atomic E-state index is 11.0. The molecule has 0 atom stereocenters. The van der Waals surface area contributed by atoms with Crippen LogP contribution < -0.4 is 0 Å². The molecule has 0 saturated carbocycles. The minimum Gasteiger partial charge on any atom is -0.461 e. The van der Waals surface area contributed by atoms with Crippen molar-refractivity contribution in [2.24, 2.45) is 0 Å². The highest BCUT2D eigenvalue weighted by Crippen LogP contribution is 2.26. The van der Waals surface area contributed by atoms with Crippen LogP contribution in [0.1, 0.15) is 18.2 Å². The van der Waals surface area contributed by atoms with Crippen LogP contribution in [0.5, 0.6) is 0 Å². The number of ketones is 1. The monoisotopic (exact) mass is 292 g/mol. The highest BCUT2D eigenvalue weighted by Gasteiger charge is 2.07. The molecule has 1 aromatic carbocycles. The van der Waals surface area contributed by atoms with Gasteiger partial charge in [0, 0.05) is 10.0 Å². The molecule has 1 heterocycles. The first-order valence-electron chi connectivity index (χ1n) is 5.40. The van der Waals surface area contributed by atoms with Gasteiger partial charge >= 0.3 is 0 Å². The SMILES string of the molecule is CC(=O)Cc1ccc(-c2cc(C)cc(Br)c2)o1. The van der Waals surface area contributed by atoms with Crippen LogP contribution in [0.3, 0.4) is 0 Å². The number of carbonyl (C=O) groups excluding carboxylic acids is 1. The van der Waals surface area contributed by atoms with E-state index < -0.39 is 0 Å². The van der Waals surface area contributed by atoms with E-state index in [1.165, 1.54) is 5.56 Å². The van der Waals surface area contributed by atoms with Crippen LogP contribution in [0.15, 0.2) is 39.2 Å². The summed E-state index contributed by atoms with van der Waals surface area (Å²) in [5.74, 6) is 1.62. The molecule has 2 nitrogen and oxygen atoms in total. The zero-order valence-electron chi connectivity index (χ0n) is 9.79. The van der Waals surface area contributed by atoms with Gasteiger partial charge in [0.15, 0.2) is 0 Å². The third-order valence-corrected chi connectivity index (χ3v) is 2.87. The molecule has 88 valence electrons. The standard InChI is InChI=1S/C14H13BrO2/c1-9-5-11(8-12(15)6-9)14-4-3-13(17-14)7-10(2)16/h3-6,8H,7H2,1-2H3. The summed E-state index contributed by atoms with van der Waals surface area (Å²) in [5.41, 5.74) is 2.19. The van der Waals surface area contributed by atoms with Crippen LogP contribution in [0, 0.1) is 6.92 Å². The molecule has 1 aromatic heterocycles. The van der Waals surface area contributed by atoms with Crippen molar-refractivity contribution in [3.63, 3.8) is 0 Å². The number of benzene rings is 1. The van der Waals surface area contributed by atoms with Gasteiger partial charge in [-0.3, -0.25) is 4.79 Å². The zero-order chi connectivity index (χ0) is 12.4. The Kier molecular flexibility index (Phi) is 3.48. The molecule has 0 aliphatic heterocycles. The maximum absolute atomic E-state index is 11.0. The second-order valence-electron chi connectivity index (χ2n) is 4.16. The van der Waals surface area contributed by atoms with Crippen molar-refractivity contribution in [1.82, 2.24) is 0 Å². The molecule has 0 N–H and O–H groups in total. The summed E-state index contributed by atoms with van der Waals surface area (Å²) in [6, 6.07) is 9.86. The molecule has 0 aliphatic rings. The van der Waals surface area contributed by atoms with Crippen molar-refractivity contribution >= 4 is 21.7 Å². The normalized spacial score (nSPS) is 10.5. The Labute approximate surface area is 109 Å². The topological polar surface area (TPSA) is 30.2 Å². The van der Waals surface area contributed by atoms with Gasteiger partial charge in [-0.1, -0.05) is 15.9 Å². The van der Waals surface area contributed by atoms with Gasteiger partial charge in [0.05, 0.1) is 6.42 Å². The fourth-order valence-corrected chi connectivity index (χ4v) is 2.36. The number of carbonyl (C=O) groups is 1. The van der Waals surface area contributed by atoms with Gasteiger partial charge in [-0.15, -0.1) is 0 Å². The first-order valence-corrected chi connectivity index (χ1v) is 6.19. The molecule has 17 heavy (non-hydrogen) atoms. The van der Waals surface area contributed by atoms with Crippen LogP contribution in [-0.2, 0) is 11.2 Å². The molecular weight excluding hydrogens is 280 g/mol. The maximum Gasteiger partial charge on any atom is 0.137 e. The number of halogens is 1. The third kappa shape index (κ3) is 3.07. The van der Waals surface area contributed by atoms with Crippen molar-refractivity contribution in [3.05, 3.63) is 46.1 Å². The smallest absolute Gasteiger partial charge is 0.137 e. The van der Waals surface area contributed by atoms with Gasteiger partial charge in [0.25, 0.3) is 0 Å². The zero-order valence-corrected chi connectivity index (χ0v) is 11.4. The van der Waals surface area contributed by atoms with E-state index in [4.69, 9.17) is 4.42 Å². The van der Waals surface area contributed by atoms with Crippen molar-refractivity contribution in [1.29, 1.82) is 0 Å². The molecule has 3 heteroatoms. The van der Waals surface area contributed by atoms with Crippen molar-refractivity contribution in [3.8, 4) is 11.3 Å². The van der Waals surface area contributed by atoms with Gasteiger partial charge in [-0.25, -0.2) is 0 Å². The second-order valence-corrected chi connectivity index (χ2v) is 5.08. The Morgan fingerprint density at radius 2 is 2.06 bits per heavy atom. The largest absolute Gasteiger partial charge is 0.461 e. The van der Waals surface area contributed by atoms with Crippen molar-refractivity contribution in [2.45, 2.75) is 20.3 Å². The number of hydrogen-bond acceptors (Lipinski definition) is 2. The highest BCUT2D eigenvalue weighted by atomic mass is 79.9. The van der Waals surface area contributed by atoms with E-state index in [0.717, 1.165) is 15.8 Å². The summed E-state index contributed by atoms with van der Waals surface area (Å²) >= 11 is 3.46. The lowest BCUT2D eigenvalue weighted by Gasteiger charge is -2.01. The van der Waals surface area contributed by atoms with Gasteiger partial charge in [0.2, 0.25) is 0 Å². The van der Waals surface area contributed by atoms with E-state index in [1.807, 2.05) is 31.2 Å². The van der Waals surface area contributed by atoms with E-state index in [2.05, 4.69) is 22.0 Å². The molecule has 0 saturated heterocycles. The van der Waals surface area contributed by atoms with Crippen LogP contribution in [-0.4, -0.2) is 5.78 Å². The van der Waals surface area contributed by atoms with Gasteiger partial charge in [-0.05, 0) is 49.7 Å². The van der Waals surface area contributed by atoms with Gasteiger partial charge < -0.3 is 4.42 Å². The van der Waals surface area contributed by atoms with Crippen LogP contribution >= 0.6 is 15.9 Å². The Hall–Kier alpha value is -1.35. The van der Waals surface area contributed by atoms with Gasteiger partial charge in [0.1, 0.15) is 17.3 Å². The minimum atomic E-state index is 0.108. The Morgan fingerprint density at radius 1 is 1.29 bits per heavy atom. The fourth-order valence-electron chi connectivity index (χ4n) is 1.75. The lowest BCUT2D eigenvalue weighted by Crippen LogP contribution is -1.93. The van der Waals surface area contributed by atoms with Crippen LogP contribution in [0.25, 0.3) is 11.3 Å². The summed E-state index contributed by atoms with van der Waals surface area (Å²) < 4.78 is 6.67. The van der Waals surface area contributed by atoms with Crippen LogP contribution in [0.4, 0.5) is 0 Å². The fraction of sp³-hybridized carbons (Fsp3) is 0.214. The summed E-state index contributed by atoms with van der Waals surface area (Å²) in [5, 5.41) is 0. The molecule has 2 aromatic rings. The Bertz CT molecular complexity index is 535. The van der Waals surface area contributed by atoms with E-state index >= 15 is 0 Å². The number of hydrogen-bond donors (Lipinski definition) is 0. The Balaban J connectivity index is 2.33. The summed E-state index contributed by atoms with van der Waals surface area (Å²) in [6.07, 6.45) is 0.354. The number of aryl methyl sites for hydroxylation is 1. The molecule has 0 spiro atoms. The first-order chi connectivity index (χ1) is 8.04. The molecule has 0 amide bonds. The van der Waals surface area contributed by atoms with E-state index in [1.54, 1.807) is 6.92 Å². The molecule has 0 unspecified atom stereocenters. The summed E-state index contributed by atoms with van der Waals surface area (Å²) in [7, 11) is 0. The molecule has 0 bridgehead atoms. The van der Waals surface area contributed by atoms with Crippen molar-refractivity contribution in [2.75, 3.05) is 0 Å². The van der Waals surface area contributed by atoms with E-state index in [9.17, 15) is 4.79 Å². The predicted molar refractivity (Wildman–Crippen MR) is 71.0 cm³/mol. The molecule has 2 rings (SSSR count). The van der Waals surface area contributed by atoms with E-state index in [-0.39, 0.29) is 5.78 Å². The number of furan rings is 1.